The number of halogens is 1. The summed E-state index contributed by atoms with van der Waals surface area (Å²) in [5, 5.41) is 3.60. The average Bonchev–Trinajstić information content (AvgIpc) is 2.50. The van der Waals surface area contributed by atoms with Crippen molar-refractivity contribution in [1.29, 1.82) is 0 Å². The van der Waals surface area contributed by atoms with Crippen LogP contribution in [0.4, 0.5) is 14.0 Å². The van der Waals surface area contributed by atoms with Gasteiger partial charge in [-0.1, -0.05) is 5.16 Å². The normalized spacial score (nSPS) is 11.0. The number of hydrogen-bond donors (Lipinski definition) is 0. The molecule has 0 aromatic carbocycles. The first-order chi connectivity index (χ1) is 10.7. The first-order valence-electron chi connectivity index (χ1n) is 6.18. The van der Waals surface area contributed by atoms with E-state index in [2.05, 4.69) is 5.16 Å². The van der Waals surface area contributed by atoms with Gasteiger partial charge in [0.15, 0.2) is 0 Å². The first-order valence-corrected chi connectivity index (χ1v) is 9.29. The maximum atomic E-state index is 12.3. The van der Waals surface area contributed by atoms with E-state index in [0.717, 1.165) is 40.0 Å². The molecule has 0 aliphatic rings. The van der Waals surface area contributed by atoms with Crippen molar-refractivity contribution in [3.8, 4) is 0 Å². The zero-order valence-electron chi connectivity index (χ0n) is 13.4. The van der Waals surface area contributed by atoms with Crippen LogP contribution in [0.3, 0.4) is 0 Å². The van der Waals surface area contributed by atoms with E-state index in [4.69, 9.17) is 4.84 Å². The van der Waals surface area contributed by atoms with Gasteiger partial charge in [0.25, 0.3) is 5.91 Å². The van der Waals surface area contributed by atoms with E-state index in [1.165, 1.54) is 23.3 Å². The summed E-state index contributed by atoms with van der Waals surface area (Å²) in [7, 11) is 5.92. The van der Waals surface area contributed by atoms with Gasteiger partial charge in [-0.3, -0.25) is 18.2 Å². The fourth-order valence-corrected chi connectivity index (χ4v) is 2.80. The standard InChI is InChI=1S/C11H19FN4O4S3/c1-14(2)9(17)8(21-5)13-20-11(19)16(4)23-7-6-22-15(3)10(12)18/h6-7H2,1-5H3. The van der Waals surface area contributed by atoms with Gasteiger partial charge in [0.1, 0.15) is 0 Å². The third kappa shape index (κ3) is 8.91. The minimum absolute atomic E-state index is 0.0559. The quantitative estimate of drug-likeness (QED) is 0.101. The van der Waals surface area contributed by atoms with Gasteiger partial charge in [-0.2, -0.15) is 0 Å². The van der Waals surface area contributed by atoms with E-state index in [1.54, 1.807) is 20.4 Å². The summed E-state index contributed by atoms with van der Waals surface area (Å²) < 4.78 is 14.3. The van der Waals surface area contributed by atoms with E-state index in [1.807, 2.05) is 0 Å². The molecule has 0 fully saturated rings. The molecule has 132 valence electrons. The lowest BCUT2D eigenvalue weighted by Gasteiger charge is -2.15. The van der Waals surface area contributed by atoms with Crippen molar-refractivity contribution in [3.63, 3.8) is 0 Å². The second-order valence-electron chi connectivity index (χ2n) is 4.07. The fourth-order valence-electron chi connectivity index (χ4n) is 0.945. The number of nitrogens with zero attached hydrogens (tertiary/aromatic N) is 4. The minimum atomic E-state index is -1.53. The number of rotatable bonds is 6. The molecule has 0 aromatic rings. The van der Waals surface area contributed by atoms with Gasteiger partial charge in [0.2, 0.25) is 5.04 Å². The Bertz CT molecular complexity index is 465. The van der Waals surface area contributed by atoms with Gasteiger partial charge in [-0.05, 0) is 30.2 Å². The monoisotopic (exact) mass is 386 g/mol. The van der Waals surface area contributed by atoms with Crippen molar-refractivity contribution in [1.82, 2.24) is 13.5 Å². The SMILES string of the molecule is CSC(=NOC(=O)N(C)SCCSN(C)C(=O)F)C(=O)N(C)C. The van der Waals surface area contributed by atoms with Crippen LogP contribution in [0.2, 0.25) is 0 Å². The molecule has 3 amide bonds. The molecule has 0 radical (unpaired) electrons. The minimum Gasteiger partial charge on any atom is -0.343 e. The van der Waals surface area contributed by atoms with Crippen LogP contribution in [0.1, 0.15) is 0 Å². The van der Waals surface area contributed by atoms with Gasteiger partial charge in [-0.25, -0.2) is 9.59 Å². The van der Waals surface area contributed by atoms with Crippen LogP contribution in [0.5, 0.6) is 0 Å². The Labute approximate surface area is 147 Å². The second kappa shape index (κ2) is 11.4. The zero-order valence-corrected chi connectivity index (χ0v) is 15.9. The highest BCUT2D eigenvalue weighted by Crippen LogP contribution is 2.15. The number of thioether (sulfide) groups is 1. The van der Waals surface area contributed by atoms with E-state index in [-0.39, 0.29) is 11.0 Å². The molecule has 0 spiro atoms. The topological polar surface area (TPSA) is 82.5 Å². The van der Waals surface area contributed by atoms with E-state index in [0.29, 0.717) is 11.5 Å². The Hall–Kier alpha value is -1.14. The van der Waals surface area contributed by atoms with Gasteiger partial charge < -0.3 is 4.90 Å². The molecule has 0 atom stereocenters. The first kappa shape index (κ1) is 21.9. The average molecular weight is 386 g/mol. The van der Waals surface area contributed by atoms with Crippen molar-refractivity contribution in [2.45, 2.75) is 0 Å². The Morgan fingerprint density at radius 3 is 2.00 bits per heavy atom. The highest BCUT2D eigenvalue weighted by atomic mass is 32.2. The van der Waals surface area contributed by atoms with E-state index >= 15 is 0 Å². The number of carbonyl (C=O) groups is 3. The molecule has 12 heteroatoms. The molecule has 0 saturated heterocycles. The summed E-state index contributed by atoms with van der Waals surface area (Å²) >= 11 is 3.18. The Morgan fingerprint density at radius 2 is 1.57 bits per heavy atom. The molecule has 0 aliphatic heterocycles. The highest BCUT2D eigenvalue weighted by Gasteiger charge is 2.16. The Balaban J connectivity index is 4.24. The van der Waals surface area contributed by atoms with Crippen LogP contribution in [-0.2, 0) is 9.63 Å². The molecule has 0 unspecified atom stereocenters. The fraction of sp³-hybridized carbons (Fsp3) is 0.636. The second-order valence-corrected chi connectivity index (χ2v) is 7.29. The smallest absolute Gasteiger partial charge is 0.343 e. The lowest BCUT2D eigenvalue weighted by atomic mass is 10.6. The lowest BCUT2D eigenvalue weighted by Crippen LogP contribution is -2.29. The summed E-state index contributed by atoms with van der Waals surface area (Å²) in [4.78, 5) is 39.8. The summed E-state index contributed by atoms with van der Waals surface area (Å²) in [5.74, 6) is 0.507. The third-order valence-electron chi connectivity index (χ3n) is 2.15. The summed E-state index contributed by atoms with van der Waals surface area (Å²) in [6.07, 6.45) is -0.628. The van der Waals surface area contributed by atoms with Crippen LogP contribution in [-0.4, -0.2) is 82.7 Å². The lowest BCUT2D eigenvalue weighted by molar-refractivity contribution is -0.121. The van der Waals surface area contributed by atoms with Crippen molar-refractivity contribution in [2.24, 2.45) is 5.16 Å². The van der Waals surface area contributed by atoms with Gasteiger partial charge in [0, 0.05) is 39.7 Å². The van der Waals surface area contributed by atoms with Gasteiger partial charge >= 0.3 is 12.3 Å². The van der Waals surface area contributed by atoms with Gasteiger partial charge in [-0.15, -0.1) is 16.2 Å². The number of amides is 3. The molecular weight excluding hydrogens is 367 g/mol. The highest BCUT2D eigenvalue weighted by molar-refractivity contribution is 8.15. The predicted molar refractivity (Wildman–Crippen MR) is 93.1 cm³/mol. The Kier molecular flexibility index (Phi) is 10.8. The molecule has 8 nitrogen and oxygen atoms in total. The van der Waals surface area contributed by atoms with Crippen molar-refractivity contribution in [3.05, 3.63) is 0 Å². The number of hydrogen-bond acceptors (Lipinski definition) is 8. The van der Waals surface area contributed by atoms with Crippen molar-refractivity contribution >= 4 is 58.9 Å². The summed E-state index contributed by atoms with van der Waals surface area (Å²) in [6, 6.07) is 0. The molecule has 0 bridgehead atoms. The van der Waals surface area contributed by atoms with Crippen LogP contribution in [0, 0.1) is 0 Å². The molecule has 0 aliphatic carbocycles. The molecule has 0 rings (SSSR count). The zero-order chi connectivity index (χ0) is 18.0. The van der Waals surface area contributed by atoms with Crippen LogP contribution in [0.15, 0.2) is 5.16 Å². The molecule has 0 N–H and O–H groups in total. The molecule has 23 heavy (non-hydrogen) atoms. The molecule has 0 aromatic heterocycles. The maximum Gasteiger partial charge on any atom is 0.445 e. The predicted octanol–water partition coefficient (Wildman–Crippen LogP) is 2.14. The molecular formula is C11H19FN4O4S3. The van der Waals surface area contributed by atoms with E-state index in [9.17, 15) is 18.8 Å². The molecule has 0 heterocycles. The maximum absolute atomic E-state index is 12.3. The summed E-state index contributed by atoms with van der Waals surface area (Å²) in [6.45, 7) is 0. The van der Waals surface area contributed by atoms with Gasteiger partial charge in [0.05, 0.1) is 0 Å². The van der Waals surface area contributed by atoms with Crippen LogP contribution < -0.4 is 0 Å². The van der Waals surface area contributed by atoms with Crippen molar-refractivity contribution < 1.29 is 23.6 Å². The largest absolute Gasteiger partial charge is 0.445 e. The molecule has 0 saturated carbocycles. The third-order valence-corrected chi connectivity index (χ3v) is 4.88. The van der Waals surface area contributed by atoms with Crippen molar-refractivity contribution in [2.75, 3.05) is 46.0 Å². The number of oxime groups is 1. The Morgan fingerprint density at radius 1 is 1.04 bits per heavy atom. The van der Waals surface area contributed by atoms with Crippen LogP contribution >= 0.6 is 35.7 Å². The number of carbonyl (C=O) groups excluding carboxylic acids is 3. The van der Waals surface area contributed by atoms with Crippen LogP contribution in [0.25, 0.3) is 0 Å². The summed E-state index contributed by atoms with van der Waals surface area (Å²) in [5.41, 5.74) is 0. The van der Waals surface area contributed by atoms with E-state index < -0.39 is 12.3 Å².